The second kappa shape index (κ2) is 16.6. The van der Waals surface area contributed by atoms with E-state index in [4.69, 9.17) is 14.7 Å². The Labute approximate surface area is 148 Å². The van der Waals surface area contributed by atoms with Gasteiger partial charge in [0, 0.05) is 4.57 Å². The Morgan fingerprint density at radius 3 is 1.75 bits per heavy atom. The molecule has 8 heteroatoms. The fourth-order valence-corrected chi connectivity index (χ4v) is 3.77. The summed E-state index contributed by atoms with van der Waals surface area (Å²) in [4.78, 5) is 25.9. The van der Waals surface area contributed by atoms with E-state index >= 15 is 0 Å². The molecule has 0 aromatic carbocycles. The molecule has 0 saturated heterocycles. The third-order valence-electron chi connectivity index (χ3n) is 4.00. The van der Waals surface area contributed by atoms with E-state index in [0.29, 0.717) is 12.5 Å². The van der Waals surface area contributed by atoms with Crippen LogP contribution in [0.15, 0.2) is 0 Å². The predicted molar refractivity (Wildman–Crippen MR) is 99.3 cm³/mol. The maximum absolute atomic E-state index is 10.7. The minimum Gasteiger partial charge on any atom is -0.324 e. The van der Waals surface area contributed by atoms with Crippen LogP contribution >= 0.6 is 15.9 Å². The standard InChI is InChI=1S/C8H19O3P.C8H17O3P/c1-3-5-6-8(4-2)7-12(9,10)11;1-3-5-6-8(4-2)7-11-12(9)10/h8H,3-7H2,1-2H3,(H2,9,10,11);8H,3-7H2,1-2H3/p+1. The minimum atomic E-state index is -3.78. The number of hydrogen-bond donors (Lipinski definition) is 3. The van der Waals surface area contributed by atoms with Crippen LogP contribution in [-0.2, 0) is 13.7 Å². The van der Waals surface area contributed by atoms with E-state index in [1.807, 2.05) is 6.92 Å². The van der Waals surface area contributed by atoms with Crippen molar-refractivity contribution in [1.29, 1.82) is 0 Å². The van der Waals surface area contributed by atoms with E-state index < -0.39 is 15.9 Å². The zero-order valence-electron chi connectivity index (χ0n) is 15.7. The summed E-state index contributed by atoms with van der Waals surface area (Å²) in [5.41, 5.74) is 0. The van der Waals surface area contributed by atoms with Gasteiger partial charge in [0.2, 0.25) is 0 Å². The predicted octanol–water partition coefficient (Wildman–Crippen LogP) is 5.25. The quantitative estimate of drug-likeness (QED) is 0.373. The molecule has 0 aromatic rings. The summed E-state index contributed by atoms with van der Waals surface area (Å²) in [5.74, 6) is 0.641. The number of rotatable bonds is 13. The van der Waals surface area contributed by atoms with Crippen molar-refractivity contribution in [3.8, 4) is 0 Å². The highest BCUT2D eigenvalue weighted by Gasteiger charge is 2.19. The molecular weight excluding hydrogens is 350 g/mol. The van der Waals surface area contributed by atoms with E-state index in [1.165, 1.54) is 12.8 Å². The molecule has 0 heterocycles. The first-order valence-electron chi connectivity index (χ1n) is 9.03. The molecule has 6 nitrogen and oxygen atoms in total. The Kier molecular flexibility index (Phi) is 18.3. The molecule has 0 aliphatic rings. The molecule has 0 aliphatic heterocycles. The van der Waals surface area contributed by atoms with Crippen molar-refractivity contribution in [2.24, 2.45) is 11.8 Å². The first-order chi connectivity index (χ1) is 11.2. The third kappa shape index (κ3) is 20.2. The molecule has 0 fully saturated rings. The monoisotopic (exact) mass is 387 g/mol. The van der Waals surface area contributed by atoms with Crippen LogP contribution in [-0.4, -0.2) is 27.4 Å². The molecule has 0 aromatic heterocycles. The lowest BCUT2D eigenvalue weighted by Gasteiger charge is -2.14. The van der Waals surface area contributed by atoms with Gasteiger partial charge in [0.25, 0.3) is 0 Å². The molecule has 0 aliphatic carbocycles. The van der Waals surface area contributed by atoms with Gasteiger partial charge in [-0.3, -0.25) is 4.57 Å². The van der Waals surface area contributed by atoms with Gasteiger partial charge in [0.1, 0.15) is 6.61 Å². The van der Waals surface area contributed by atoms with Crippen LogP contribution in [0.25, 0.3) is 0 Å². The third-order valence-corrected chi connectivity index (χ3v) is 5.37. The van der Waals surface area contributed by atoms with Gasteiger partial charge in [0.15, 0.2) is 0 Å². The van der Waals surface area contributed by atoms with Crippen LogP contribution in [0.3, 0.4) is 0 Å². The van der Waals surface area contributed by atoms with Gasteiger partial charge >= 0.3 is 15.9 Å². The Balaban J connectivity index is 0. The van der Waals surface area contributed by atoms with Gasteiger partial charge in [-0.2, -0.15) is 0 Å². The number of hydrogen-bond acceptors (Lipinski definition) is 3. The molecule has 0 rings (SSSR count). The van der Waals surface area contributed by atoms with Crippen molar-refractivity contribution >= 4 is 15.9 Å². The molecular formula is C16H37O6P2+. The van der Waals surface area contributed by atoms with Gasteiger partial charge in [-0.25, -0.2) is 0 Å². The van der Waals surface area contributed by atoms with Gasteiger partial charge in [-0.15, -0.1) is 9.42 Å². The largest absolute Gasteiger partial charge is 0.694 e. The highest BCUT2D eigenvalue weighted by Crippen LogP contribution is 2.38. The maximum Gasteiger partial charge on any atom is 0.694 e. The summed E-state index contributed by atoms with van der Waals surface area (Å²) >= 11 is 0. The first kappa shape index (κ1) is 26.4. The molecule has 0 bridgehead atoms. The molecule has 0 spiro atoms. The maximum atomic E-state index is 10.7. The fraction of sp³-hybridized carbons (Fsp3) is 1.00. The molecule has 0 amide bonds. The lowest BCUT2D eigenvalue weighted by Crippen LogP contribution is -2.05. The molecule has 3 unspecified atom stereocenters. The Bertz CT molecular complexity index is 345. The first-order valence-corrected chi connectivity index (χ1v) is 12.0. The molecule has 3 atom stereocenters. The van der Waals surface area contributed by atoms with E-state index in [-0.39, 0.29) is 12.1 Å². The van der Waals surface area contributed by atoms with Crippen molar-refractivity contribution in [2.45, 2.75) is 79.1 Å². The van der Waals surface area contributed by atoms with Crippen LogP contribution in [0.2, 0.25) is 0 Å². The SMILES string of the molecule is CCCCC(CC)CO[P+](=O)O.CCCCC(CC)CP(=O)(O)O. The van der Waals surface area contributed by atoms with Crippen molar-refractivity contribution in [2.75, 3.05) is 12.8 Å². The zero-order valence-corrected chi connectivity index (χ0v) is 17.5. The lowest BCUT2D eigenvalue weighted by molar-refractivity contribution is 0.218. The topological polar surface area (TPSA) is 104 Å². The van der Waals surface area contributed by atoms with Crippen LogP contribution in [0.4, 0.5) is 0 Å². The van der Waals surface area contributed by atoms with Crippen molar-refractivity contribution in [3.63, 3.8) is 0 Å². The van der Waals surface area contributed by atoms with E-state index in [0.717, 1.165) is 38.5 Å². The summed E-state index contributed by atoms with van der Waals surface area (Å²) in [6, 6.07) is 0. The van der Waals surface area contributed by atoms with Gasteiger partial charge in [0.05, 0.1) is 6.16 Å². The molecule has 0 radical (unpaired) electrons. The summed E-state index contributed by atoms with van der Waals surface area (Å²) in [6.45, 7) is 8.70. The van der Waals surface area contributed by atoms with Crippen LogP contribution in [0.1, 0.15) is 79.1 Å². The second-order valence-corrected chi connectivity index (χ2v) is 8.64. The van der Waals surface area contributed by atoms with Gasteiger partial charge in [-0.05, 0) is 24.7 Å². The average Bonchev–Trinajstić information content (AvgIpc) is 2.51. The van der Waals surface area contributed by atoms with Crippen molar-refractivity contribution in [3.05, 3.63) is 0 Å². The van der Waals surface area contributed by atoms with Crippen LogP contribution in [0, 0.1) is 11.8 Å². The smallest absolute Gasteiger partial charge is 0.324 e. The van der Waals surface area contributed by atoms with Crippen LogP contribution in [0.5, 0.6) is 0 Å². The summed E-state index contributed by atoms with van der Waals surface area (Å²) < 4.78 is 25.5. The Morgan fingerprint density at radius 2 is 1.42 bits per heavy atom. The summed E-state index contributed by atoms with van der Waals surface area (Å²) in [5, 5.41) is 0. The Morgan fingerprint density at radius 1 is 0.958 bits per heavy atom. The summed E-state index contributed by atoms with van der Waals surface area (Å²) in [6.07, 6.45) is 8.48. The molecule has 24 heavy (non-hydrogen) atoms. The van der Waals surface area contributed by atoms with E-state index in [2.05, 4.69) is 25.3 Å². The highest BCUT2D eigenvalue weighted by molar-refractivity contribution is 7.51. The molecule has 0 saturated carbocycles. The number of unbranched alkanes of at least 4 members (excludes halogenated alkanes) is 2. The van der Waals surface area contributed by atoms with Crippen LogP contribution < -0.4 is 0 Å². The molecule has 3 N–H and O–H groups in total. The van der Waals surface area contributed by atoms with Gasteiger partial charge in [-0.1, -0.05) is 66.2 Å². The normalized spacial score (nSPS) is 14.5. The lowest BCUT2D eigenvalue weighted by atomic mass is 10.0. The van der Waals surface area contributed by atoms with E-state index in [9.17, 15) is 9.13 Å². The van der Waals surface area contributed by atoms with E-state index in [1.54, 1.807) is 0 Å². The Hall–Kier alpha value is 0.170. The minimum absolute atomic E-state index is 0.0590. The van der Waals surface area contributed by atoms with Gasteiger partial charge < -0.3 is 9.79 Å². The average molecular weight is 387 g/mol. The highest BCUT2D eigenvalue weighted by atomic mass is 31.2. The van der Waals surface area contributed by atoms with Crippen molar-refractivity contribution in [1.82, 2.24) is 0 Å². The second-order valence-electron chi connectivity index (χ2n) is 6.21. The summed E-state index contributed by atoms with van der Waals surface area (Å²) in [7, 11) is -6.18. The molecule has 146 valence electrons. The van der Waals surface area contributed by atoms with Crippen molar-refractivity contribution < 1.29 is 28.3 Å². The fourth-order valence-electron chi connectivity index (χ4n) is 2.32. The zero-order chi connectivity index (χ0) is 19.0.